The van der Waals surface area contributed by atoms with Crippen LogP contribution in [0, 0.1) is 6.92 Å². The second kappa shape index (κ2) is 12.3. The number of methoxy groups -OCH3 is 1. The summed E-state index contributed by atoms with van der Waals surface area (Å²) in [7, 11) is 1.56. The Labute approximate surface area is 263 Å². The molecule has 5 heterocycles. The molecular formula is C34H32FN5O4S. The molecule has 0 unspecified atom stereocenters. The third-order valence-electron chi connectivity index (χ3n) is 7.75. The molecule has 0 spiro atoms. The fraction of sp³-hybridized carbons (Fsp3) is 0.235. The number of aryl methyl sites for hydroxylation is 1. The average Bonchev–Trinajstić information content (AvgIpc) is 3.77. The van der Waals surface area contributed by atoms with E-state index in [1.165, 1.54) is 17.4 Å². The van der Waals surface area contributed by atoms with Gasteiger partial charge in [-0.1, -0.05) is 25.8 Å². The van der Waals surface area contributed by atoms with Gasteiger partial charge in [0.15, 0.2) is 11.5 Å². The lowest BCUT2D eigenvalue weighted by molar-refractivity contribution is -0.129. The number of aromatic nitrogens is 4. The van der Waals surface area contributed by atoms with Crippen LogP contribution in [0.5, 0.6) is 0 Å². The van der Waals surface area contributed by atoms with Crippen molar-refractivity contribution in [2.75, 3.05) is 20.3 Å². The van der Waals surface area contributed by atoms with Gasteiger partial charge in [0, 0.05) is 41.3 Å². The van der Waals surface area contributed by atoms with Gasteiger partial charge in [-0.2, -0.15) is 5.10 Å². The van der Waals surface area contributed by atoms with Crippen LogP contribution in [0.2, 0.25) is 0 Å². The molecule has 1 aliphatic rings. The van der Waals surface area contributed by atoms with Gasteiger partial charge in [0.25, 0.3) is 0 Å². The van der Waals surface area contributed by atoms with Crippen molar-refractivity contribution in [3.05, 3.63) is 96.3 Å². The molecule has 0 aliphatic carbocycles. The minimum absolute atomic E-state index is 0.0989. The Bertz CT molecular complexity index is 2020. The number of oxazole rings is 1. The molecule has 4 aromatic heterocycles. The van der Waals surface area contributed by atoms with Gasteiger partial charge in [-0.15, -0.1) is 11.3 Å². The van der Waals surface area contributed by atoms with Crippen molar-refractivity contribution in [3.8, 4) is 22.6 Å². The number of ether oxygens (including phenoxy) is 2. The summed E-state index contributed by atoms with van der Waals surface area (Å²) >= 11 is 1.45. The lowest BCUT2D eigenvalue weighted by Crippen LogP contribution is -2.44. The van der Waals surface area contributed by atoms with Crippen LogP contribution in [0.25, 0.3) is 49.4 Å². The Morgan fingerprint density at radius 3 is 2.76 bits per heavy atom. The normalized spacial score (nSPS) is 15.2. The van der Waals surface area contributed by atoms with E-state index in [4.69, 9.17) is 24.0 Å². The number of hydrogen-bond acceptors (Lipinski definition) is 8. The molecule has 0 N–H and O–H groups in total. The van der Waals surface area contributed by atoms with Crippen LogP contribution in [-0.2, 0) is 27.4 Å². The molecule has 230 valence electrons. The summed E-state index contributed by atoms with van der Waals surface area (Å²) in [5.74, 6) is -0.0793. The van der Waals surface area contributed by atoms with Crippen molar-refractivity contribution in [1.29, 1.82) is 0 Å². The van der Waals surface area contributed by atoms with Crippen molar-refractivity contribution < 1.29 is 23.1 Å². The maximum absolute atomic E-state index is 15.9. The Balaban J connectivity index is 1.61. The van der Waals surface area contributed by atoms with E-state index in [9.17, 15) is 4.79 Å². The van der Waals surface area contributed by atoms with E-state index in [1.807, 2.05) is 47.3 Å². The minimum Gasteiger partial charge on any atom is -0.491 e. The third kappa shape index (κ3) is 5.49. The number of rotatable bonds is 10. The monoisotopic (exact) mass is 625 g/mol. The molecule has 0 fully saturated rings. The van der Waals surface area contributed by atoms with Gasteiger partial charge in [-0.05, 0) is 48.7 Å². The number of carbonyl (C=O) groups excluding carboxylic acids is 1. The second-order valence-corrected chi connectivity index (χ2v) is 11.6. The summed E-state index contributed by atoms with van der Waals surface area (Å²) in [5.41, 5.74) is 5.26. The molecule has 1 aliphatic heterocycles. The summed E-state index contributed by atoms with van der Waals surface area (Å²) in [6.45, 7) is 16.5. The molecule has 11 heteroatoms. The van der Waals surface area contributed by atoms with Gasteiger partial charge in [-0.3, -0.25) is 9.48 Å². The van der Waals surface area contributed by atoms with Crippen LogP contribution < -0.4 is 0 Å². The zero-order valence-corrected chi connectivity index (χ0v) is 26.1. The molecule has 45 heavy (non-hydrogen) atoms. The van der Waals surface area contributed by atoms with Crippen LogP contribution in [0.3, 0.4) is 0 Å². The van der Waals surface area contributed by atoms with E-state index >= 15 is 4.39 Å². The fourth-order valence-corrected chi connectivity index (χ4v) is 6.56. The highest BCUT2D eigenvalue weighted by Crippen LogP contribution is 2.44. The summed E-state index contributed by atoms with van der Waals surface area (Å²) in [4.78, 5) is 23.9. The highest BCUT2D eigenvalue weighted by molar-refractivity contribution is 7.17. The first-order valence-electron chi connectivity index (χ1n) is 14.4. The van der Waals surface area contributed by atoms with Gasteiger partial charge < -0.3 is 18.8 Å². The summed E-state index contributed by atoms with van der Waals surface area (Å²) < 4.78 is 35.4. The fourth-order valence-electron chi connectivity index (χ4n) is 5.61. The SMILES string of the molecule is C=CC(=O)N1Cc2cc(-c3nc(-c4ccc5nc(C)oc5c4)c4ccsc4c3/C(C(=C)OCCOC)=C(\F)C=C)nn2C[C@H]1C. The number of fused-ring (bicyclic) bond motifs is 3. The molecule has 9 nitrogen and oxygen atoms in total. The van der Waals surface area contributed by atoms with E-state index in [1.54, 1.807) is 18.9 Å². The Morgan fingerprint density at radius 2 is 2.00 bits per heavy atom. The smallest absolute Gasteiger partial charge is 0.246 e. The lowest BCUT2D eigenvalue weighted by Gasteiger charge is -2.33. The molecule has 0 bridgehead atoms. The van der Waals surface area contributed by atoms with Gasteiger partial charge in [0.2, 0.25) is 5.91 Å². The number of nitrogens with zero attached hydrogens (tertiary/aromatic N) is 5. The third-order valence-corrected chi connectivity index (χ3v) is 8.68. The number of allylic oxidation sites excluding steroid dienone is 3. The first-order chi connectivity index (χ1) is 21.7. The number of thiophene rings is 1. The lowest BCUT2D eigenvalue weighted by atomic mass is 9.96. The topological polar surface area (TPSA) is 95.5 Å². The molecule has 1 aromatic carbocycles. The number of benzene rings is 1. The highest BCUT2D eigenvalue weighted by atomic mass is 32.1. The number of halogens is 1. The van der Waals surface area contributed by atoms with Crippen LogP contribution >= 0.6 is 11.3 Å². The molecular weight excluding hydrogens is 593 g/mol. The molecule has 1 amide bonds. The Kier molecular flexibility index (Phi) is 8.22. The molecule has 5 aromatic rings. The van der Waals surface area contributed by atoms with Crippen molar-refractivity contribution in [1.82, 2.24) is 24.6 Å². The number of pyridine rings is 1. The average molecular weight is 626 g/mol. The maximum Gasteiger partial charge on any atom is 0.246 e. The van der Waals surface area contributed by atoms with Crippen LogP contribution in [-0.4, -0.2) is 56.9 Å². The molecule has 6 rings (SSSR count). The van der Waals surface area contributed by atoms with Gasteiger partial charge in [0.05, 0.1) is 36.7 Å². The first-order valence-corrected chi connectivity index (χ1v) is 15.2. The summed E-state index contributed by atoms with van der Waals surface area (Å²) in [5, 5.41) is 7.69. The van der Waals surface area contributed by atoms with Gasteiger partial charge >= 0.3 is 0 Å². The number of hydrogen-bond donors (Lipinski definition) is 0. The number of amides is 1. The predicted octanol–water partition coefficient (Wildman–Crippen LogP) is 7.24. The Morgan fingerprint density at radius 1 is 1.18 bits per heavy atom. The molecule has 0 saturated heterocycles. The Hall–Kier alpha value is -4.87. The van der Waals surface area contributed by atoms with Crippen LogP contribution in [0.1, 0.15) is 24.1 Å². The summed E-state index contributed by atoms with van der Waals surface area (Å²) in [6.07, 6.45) is 2.45. The maximum atomic E-state index is 15.9. The van der Waals surface area contributed by atoms with Crippen LogP contribution in [0.15, 0.2) is 83.6 Å². The van der Waals surface area contributed by atoms with Crippen molar-refractivity contribution in [3.63, 3.8) is 0 Å². The van der Waals surface area contributed by atoms with E-state index in [2.05, 4.69) is 24.7 Å². The standard InChI is InChI=1S/C34H32FN5O4S/c1-7-25(35)30(20(4)43-13-12-42-6)31-33(27-16-23-18-39(29(41)8-2)19(3)17-40(23)38-27)37-32(24-11-14-45-34(24)31)22-9-10-26-28(15-22)44-21(5)36-26/h7-11,14-16,19H,1-2,4,12-13,17-18H2,3,5-6H3/b30-25-/t19-/m1/s1. The van der Waals surface area contributed by atoms with Crippen molar-refractivity contribution in [2.24, 2.45) is 0 Å². The van der Waals surface area contributed by atoms with Crippen LogP contribution in [0.4, 0.5) is 4.39 Å². The van der Waals surface area contributed by atoms with E-state index in [-0.39, 0.29) is 29.9 Å². The van der Waals surface area contributed by atoms with Crippen molar-refractivity contribution in [2.45, 2.75) is 33.0 Å². The molecule has 1 atom stereocenters. The van der Waals surface area contributed by atoms with E-state index in [0.29, 0.717) is 53.8 Å². The zero-order valence-electron chi connectivity index (χ0n) is 25.3. The second-order valence-electron chi connectivity index (χ2n) is 10.7. The summed E-state index contributed by atoms with van der Waals surface area (Å²) in [6, 6.07) is 9.50. The zero-order chi connectivity index (χ0) is 31.8. The first kappa shape index (κ1) is 30.2. The highest BCUT2D eigenvalue weighted by Gasteiger charge is 2.30. The molecule has 0 radical (unpaired) electrons. The minimum atomic E-state index is -0.609. The van der Waals surface area contributed by atoms with Gasteiger partial charge in [-0.25, -0.2) is 14.4 Å². The molecule has 0 saturated carbocycles. The van der Waals surface area contributed by atoms with Gasteiger partial charge in [0.1, 0.15) is 35.1 Å². The van der Waals surface area contributed by atoms with Crippen molar-refractivity contribution >= 4 is 44.0 Å². The number of carbonyl (C=O) groups is 1. The van der Waals surface area contributed by atoms with E-state index < -0.39 is 5.83 Å². The van der Waals surface area contributed by atoms with E-state index in [0.717, 1.165) is 32.9 Å². The largest absolute Gasteiger partial charge is 0.491 e. The quantitative estimate of drug-likeness (QED) is 0.0699. The predicted molar refractivity (Wildman–Crippen MR) is 174 cm³/mol.